The van der Waals surface area contributed by atoms with Crippen molar-refractivity contribution >= 4 is 24.8 Å². The van der Waals surface area contributed by atoms with Gasteiger partial charge >= 0.3 is 0 Å². The van der Waals surface area contributed by atoms with Crippen LogP contribution < -0.4 is 10.1 Å². The van der Waals surface area contributed by atoms with E-state index in [9.17, 15) is 0 Å². The molecule has 1 heterocycles. The highest BCUT2D eigenvalue weighted by Gasteiger charge is 2.23. The summed E-state index contributed by atoms with van der Waals surface area (Å²) >= 11 is 0. The maximum absolute atomic E-state index is 6.00. The fourth-order valence-electron chi connectivity index (χ4n) is 4.16. The first kappa shape index (κ1) is 24.2. The number of nitrogens with one attached hydrogen (secondary N) is 1. The minimum Gasteiger partial charge on any atom is -0.496 e. The third-order valence-corrected chi connectivity index (χ3v) is 5.51. The van der Waals surface area contributed by atoms with Gasteiger partial charge in [0.25, 0.3) is 0 Å². The molecule has 0 saturated carbocycles. The van der Waals surface area contributed by atoms with Crippen LogP contribution in [0.4, 0.5) is 0 Å². The van der Waals surface area contributed by atoms with Crippen molar-refractivity contribution in [1.82, 2.24) is 10.2 Å². The molecule has 3 aromatic rings. The van der Waals surface area contributed by atoms with Crippen molar-refractivity contribution in [2.24, 2.45) is 0 Å². The SMILES string of the molecule is COc1c(CN2CCNCC2)cccc1C(c1ccccc1)c1ccccc1.Cl.Cl. The van der Waals surface area contributed by atoms with Gasteiger partial charge in [0, 0.05) is 49.8 Å². The number of hydrogen-bond acceptors (Lipinski definition) is 3. The van der Waals surface area contributed by atoms with Crippen LogP contribution in [0, 0.1) is 0 Å². The van der Waals surface area contributed by atoms with Crippen molar-refractivity contribution < 1.29 is 4.74 Å². The van der Waals surface area contributed by atoms with Crippen molar-refractivity contribution in [3.8, 4) is 5.75 Å². The Morgan fingerprint density at radius 1 is 0.800 bits per heavy atom. The highest BCUT2D eigenvalue weighted by atomic mass is 35.5. The second-order valence-corrected chi connectivity index (χ2v) is 7.32. The molecule has 1 saturated heterocycles. The summed E-state index contributed by atoms with van der Waals surface area (Å²) in [5, 5.41) is 3.43. The van der Waals surface area contributed by atoms with E-state index in [1.807, 2.05) is 0 Å². The molecule has 0 aliphatic carbocycles. The van der Waals surface area contributed by atoms with E-state index in [2.05, 4.69) is 89.1 Å². The molecule has 3 nitrogen and oxygen atoms in total. The lowest BCUT2D eigenvalue weighted by Crippen LogP contribution is -2.42. The fourth-order valence-corrected chi connectivity index (χ4v) is 4.16. The maximum Gasteiger partial charge on any atom is 0.127 e. The van der Waals surface area contributed by atoms with Crippen LogP contribution in [-0.2, 0) is 6.54 Å². The number of halogens is 2. The average Bonchev–Trinajstić information content (AvgIpc) is 2.76. The third kappa shape index (κ3) is 5.55. The molecule has 0 atom stereocenters. The van der Waals surface area contributed by atoms with E-state index in [1.54, 1.807) is 7.11 Å². The minimum atomic E-state index is 0. The first-order valence-electron chi connectivity index (χ1n) is 10.1. The summed E-state index contributed by atoms with van der Waals surface area (Å²) in [4.78, 5) is 2.50. The molecule has 1 aliphatic rings. The quantitative estimate of drug-likeness (QED) is 0.533. The number of ether oxygens (including phenoxy) is 1. The second-order valence-electron chi connectivity index (χ2n) is 7.32. The molecule has 0 spiro atoms. The molecule has 3 aromatic carbocycles. The first-order chi connectivity index (χ1) is 13.9. The zero-order chi connectivity index (χ0) is 19.2. The molecular formula is C25H30Cl2N2O. The van der Waals surface area contributed by atoms with Crippen LogP contribution >= 0.6 is 24.8 Å². The lowest BCUT2D eigenvalue weighted by atomic mass is 9.84. The van der Waals surface area contributed by atoms with Crippen LogP contribution in [0.2, 0.25) is 0 Å². The van der Waals surface area contributed by atoms with E-state index in [0.29, 0.717) is 0 Å². The summed E-state index contributed by atoms with van der Waals surface area (Å²) in [6.45, 7) is 5.19. The Morgan fingerprint density at radius 2 is 1.37 bits per heavy atom. The highest BCUT2D eigenvalue weighted by molar-refractivity contribution is 5.85. The summed E-state index contributed by atoms with van der Waals surface area (Å²) < 4.78 is 6.00. The number of para-hydroxylation sites is 1. The largest absolute Gasteiger partial charge is 0.496 e. The van der Waals surface area contributed by atoms with E-state index >= 15 is 0 Å². The summed E-state index contributed by atoms with van der Waals surface area (Å²) in [5.74, 6) is 1.17. The molecule has 0 radical (unpaired) electrons. The number of benzene rings is 3. The number of piperazine rings is 1. The van der Waals surface area contributed by atoms with Crippen LogP contribution in [0.1, 0.15) is 28.2 Å². The molecule has 0 bridgehead atoms. The van der Waals surface area contributed by atoms with Crippen LogP contribution in [0.3, 0.4) is 0 Å². The number of rotatable bonds is 6. The van der Waals surface area contributed by atoms with E-state index < -0.39 is 0 Å². The number of hydrogen-bond donors (Lipinski definition) is 1. The topological polar surface area (TPSA) is 24.5 Å². The summed E-state index contributed by atoms with van der Waals surface area (Å²) in [5.41, 5.74) is 5.06. The Balaban J connectivity index is 0.00000160. The van der Waals surface area contributed by atoms with Gasteiger partial charge in [-0.15, -0.1) is 24.8 Å². The molecule has 4 rings (SSSR count). The lowest BCUT2D eigenvalue weighted by molar-refractivity contribution is 0.230. The molecule has 30 heavy (non-hydrogen) atoms. The predicted octanol–water partition coefficient (Wildman–Crippen LogP) is 5.12. The van der Waals surface area contributed by atoms with Gasteiger partial charge in [-0.1, -0.05) is 78.9 Å². The molecule has 0 unspecified atom stereocenters. The van der Waals surface area contributed by atoms with Gasteiger partial charge in [-0.05, 0) is 11.1 Å². The first-order valence-corrected chi connectivity index (χ1v) is 10.1. The van der Waals surface area contributed by atoms with Gasteiger partial charge in [-0.25, -0.2) is 0 Å². The van der Waals surface area contributed by atoms with Crippen LogP contribution in [0.25, 0.3) is 0 Å². The van der Waals surface area contributed by atoms with E-state index in [-0.39, 0.29) is 30.7 Å². The van der Waals surface area contributed by atoms with E-state index in [0.717, 1.165) is 38.5 Å². The van der Waals surface area contributed by atoms with Crippen molar-refractivity contribution in [3.63, 3.8) is 0 Å². The standard InChI is InChI=1S/C25H28N2O.2ClH/c1-28-25-22(19-27-17-15-26-16-18-27)13-8-14-23(25)24(20-9-4-2-5-10-20)21-11-6-3-7-12-21;;/h2-14,24,26H,15-19H2,1H3;2*1H. The molecule has 160 valence electrons. The second kappa shape index (κ2) is 12.0. The molecule has 1 N–H and O–H groups in total. The Hall–Kier alpha value is -2.04. The van der Waals surface area contributed by atoms with Gasteiger partial charge in [0.1, 0.15) is 5.75 Å². The molecule has 1 aliphatic heterocycles. The van der Waals surface area contributed by atoms with Crippen LogP contribution in [-0.4, -0.2) is 38.2 Å². The van der Waals surface area contributed by atoms with Gasteiger partial charge in [-0.2, -0.15) is 0 Å². The molecule has 5 heteroatoms. The minimum absolute atomic E-state index is 0. The lowest BCUT2D eigenvalue weighted by Gasteiger charge is -2.29. The highest BCUT2D eigenvalue weighted by Crippen LogP contribution is 2.39. The Kier molecular flexibility index (Phi) is 9.67. The van der Waals surface area contributed by atoms with E-state index in [1.165, 1.54) is 22.3 Å². The molecule has 1 fully saturated rings. The molecule has 0 aromatic heterocycles. The monoisotopic (exact) mass is 444 g/mol. The van der Waals surface area contributed by atoms with Gasteiger partial charge < -0.3 is 10.1 Å². The summed E-state index contributed by atoms with van der Waals surface area (Å²) in [6, 6.07) is 28.0. The summed E-state index contributed by atoms with van der Waals surface area (Å²) in [6.07, 6.45) is 0. The average molecular weight is 445 g/mol. The van der Waals surface area contributed by atoms with E-state index in [4.69, 9.17) is 4.74 Å². The van der Waals surface area contributed by atoms with Crippen LogP contribution in [0.5, 0.6) is 5.75 Å². The smallest absolute Gasteiger partial charge is 0.127 e. The Labute approximate surface area is 192 Å². The van der Waals surface area contributed by atoms with Gasteiger partial charge in [0.15, 0.2) is 0 Å². The summed E-state index contributed by atoms with van der Waals surface area (Å²) in [7, 11) is 1.80. The van der Waals surface area contributed by atoms with Crippen molar-refractivity contribution in [2.45, 2.75) is 12.5 Å². The van der Waals surface area contributed by atoms with Gasteiger partial charge in [0.2, 0.25) is 0 Å². The third-order valence-electron chi connectivity index (χ3n) is 5.51. The molecule has 0 amide bonds. The van der Waals surface area contributed by atoms with Gasteiger partial charge in [0.05, 0.1) is 7.11 Å². The predicted molar refractivity (Wildman–Crippen MR) is 129 cm³/mol. The normalized spacial score (nSPS) is 13.9. The zero-order valence-electron chi connectivity index (χ0n) is 17.3. The Morgan fingerprint density at radius 3 is 1.90 bits per heavy atom. The number of methoxy groups -OCH3 is 1. The van der Waals surface area contributed by atoms with Gasteiger partial charge in [-0.3, -0.25) is 4.90 Å². The van der Waals surface area contributed by atoms with Crippen LogP contribution in [0.15, 0.2) is 78.9 Å². The fraction of sp³-hybridized carbons (Fsp3) is 0.280. The Bertz CT molecular complexity index is 845. The van der Waals surface area contributed by atoms with Crippen molar-refractivity contribution in [2.75, 3.05) is 33.3 Å². The maximum atomic E-state index is 6.00. The van der Waals surface area contributed by atoms with Crippen molar-refractivity contribution in [1.29, 1.82) is 0 Å². The zero-order valence-corrected chi connectivity index (χ0v) is 18.9. The molecular weight excluding hydrogens is 415 g/mol. The number of nitrogens with zero attached hydrogens (tertiary/aromatic N) is 1. The van der Waals surface area contributed by atoms with Crippen molar-refractivity contribution in [3.05, 3.63) is 101 Å².